The van der Waals surface area contributed by atoms with E-state index in [4.69, 9.17) is 5.73 Å². The van der Waals surface area contributed by atoms with Gasteiger partial charge in [0.15, 0.2) is 0 Å². The van der Waals surface area contributed by atoms with Crippen LogP contribution in [0, 0.1) is 12.8 Å². The summed E-state index contributed by atoms with van der Waals surface area (Å²) in [5, 5.41) is 2.92. The molecule has 0 saturated carbocycles. The van der Waals surface area contributed by atoms with Crippen molar-refractivity contribution < 1.29 is 4.79 Å². The maximum absolute atomic E-state index is 11.8. The van der Waals surface area contributed by atoms with Crippen LogP contribution in [0.1, 0.15) is 30.9 Å². The lowest BCUT2D eigenvalue weighted by atomic mass is 10.0. The van der Waals surface area contributed by atoms with Gasteiger partial charge in [-0.3, -0.25) is 9.78 Å². The summed E-state index contributed by atoms with van der Waals surface area (Å²) in [6.07, 6.45) is 5.35. The molecule has 0 aliphatic carbocycles. The quantitative estimate of drug-likeness (QED) is 0.782. The molecule has 17 heavy (non-hydrogen) atoms. The lowest BCUT2D eigenvalue weighted by Gasteiger charge is -2.14. The van der Waals surface area contributed by atoms with E-state index < -0.39 is 0 Å². The number of hydrogen-bond donors (Lipinski definition) is 2. The summed E-state index contributed by atoms with van der Waals surface area (Å²) in [5.41, 5.74) is 7.77. The summed E-state index contributed by atoms with van der Waals surface area (Å²) >= 11 is 0. The topological polar surface area (TPSA) is 68.0 Å². The van der Waals surface area contributed by atoms with Gasteiger partial charge in [-0.15, -0.1) is 0 Å². The van der Waals surface area contributed by atoms with Gasteiger partial charge in [-0.2, -0.15) is 0 Å². The van der Waals surface area contributed by atoms with Gasteiger partial charge in [-0.1, -0.05) is 13.3 Å². The Morgan fingerprint density at radius 2 is 2.35 bits per heavy atom. The average molecular weight is 235 g/mol. The highest BCUT2D eigenvalue weighted by atomic mass is 16.1. The highest BCUT2D eigenvalue weighted by Gasteiger charge is 2.15. The zero-order valence-corrected chi connectivity index (χ0v) is 10.6. The van der Waals surface area contributed by atoms with Crippen LogP contribution < -0.4 is 11.1 Å². The number of amides is 1. The monoisotopic (exact) mass is 235 g/mol. The van der Waals surface area contributed by atoms with E-state index in [0.29, 0.717) is 13.1 Å². The molecule has 3 N–H and O–H groups in total. The molecule has 1 aromatic rings. The van der Waals surface area contributed by atoms with E-state index in [-0.39, 0.29) is 11.8 Å². The smallest absolute Gasteiger partial charge is 0.224 e. The fraction of sp³-hybridized carbons (Fsp3) is 0.538. The van der Waals surface area contributed by atoms with Crippen molar-refractivity contribution in [1.29, 1.82) is 0 Å². The third-order valence-corrected chi connectivity index (χ3v) is 2.89. The van der Waals surface area contributed by atoms with Crippen LogP contribution in [0.5, 0.6) is 0 Å². The zero-order chi connectivity index (χ0) is 12.7. The van der Waals surface area contributed by atoms with E-state index in [1.807, 2.05) is 13.0 Å². The predicted octanol–water partition coefficient (Wildman–Crippen LogP) is 1.38. The minimum atomic E-state index is -0.0722. The molecule has 0 spiro atoms. The van der Waals surface area contributed by atoms with Crippen molar-refractivity contribution in [3.8, 4) is 0 Å². The molecule has 0 aliphatic rings. The third kappa shape index (κ3) is 4.15. The third-order valence-electron chi connectivity index (χ3n) is 2.89. The van der Waals surface area contributed by atoms with Crippen LogP contribution in [-0.2, 0) is 11.3 Å². The van der Waals surface area contributed by atoms with Crippen LogP contribution in [0.4, 0.5) is 0 Å². The van der Waals surface area contributed by atoms with Crippen molar-refractivity contribution in [1.82, 2.24) is 10.3 Å². The standard InChI is InChI=1S/C13H21N3O/c1-3-4-11(7-14)13(17)16-9-12-8-15-6-5-10(12)2/h5-6,8,11H,3-4,7,9,14H2,1-2H3,(H,16,17). The first kappa shape index (κ1) is 13.6. The summed E-state index contributed by atoms with van der Waals surface area (Å²) in [7, 11) is 0. The molecular formula is C13H21N3O. The second kappa shape index (κ2) is 7.01. The molecule has 4 heteroatoms. The highest BCUT2D eigenvalue weighted by molar-refractivity contribution is 5.78. The van der Waals surface area contributed by atoms with Crippen LogP contribution >= 0.6 is 0 Å². The molecule has 0 fully saturated rings. The van der Waals surface area contributed by atoms with Crippen LogP contribution in [-0.4, -0.2) is 17.4 Å². The van der Waals surface area contributed by atoms with Gasteiger partial charge < -0.3 is 11.1 Å². The molecule has 0 aromatic carbocycles. The summed E-state index contributed by atoms with van der Waals surface area (Å²) in [6, 6.07) is 1.94. The summed E-state index contributed by atoms with van der Waals surface area (Å²) in [6.45, 7) is 5.00. The number of aryl methyl sites for hydroxylation is 1. The predicted molar refractivity (Wildman–Crippen MR) is 68.3 cm³/mol. The van der Waals surface area contributed by atoms with Gasteiger partial charge in [0.2, 0.25) is 5.91 Å². The summed E-state index contributed by atoms with van der Waals surface area (Å²) < 4.78 is 0. The Bertz CT molecular complexity index is 365. The molecule has 1 amide bonds. The Kier molecular flexibility index (Phi) is 5.63. The zero-order valence-electron chi connectivity index (χ0n) is 10.6. The van der Waals surface area contributed by atoms with Gasteiger partial charge >= 0.3 is 0 Å². The maximum atomic E-state index is 11.8. The van der Waals surface area contributed by atoms with Gasteiger partial charge in [-0.05, 0) is 30.5 Å². The number of nitrogens with one attached hydrogen (secondary N) is 1. The highest BCUT2D eigenvalue weighted by Crippen LogP contribution is 2.07. The number of pyridine rings is 1. The molecule has 0 radical (unpaired) electrons. The Hall–Kier alpha value is -1.42. The normalized spacial score (nSPS) is 12.2. The Morgan fingerprint density at radius 1 is 1.59 bits per heavy atom. The lowest BCUT2D eigenvalue weighted by Crippen LogP contribution is -2.34. The maximum Gasteiger partial charge on any atom is 0.224 e. The summed E-state index contributed by atoms with van der Waals surface area (Å²) in [4.78, 5) is 15.9. The number of hydrogen-bond acceptors (Lipinski definition) is 3. The van der Waals surface area contributed by atoms with E-state index >= 15 is 0 Å². The molecule has 0 saturated heterocycles. The molecule has 0 bridgehead atoms. The van der Waals surface area contributed by atoms with E-state index in [1.54, 1.807) is 12.4 Å². The fourth-order valence-corrected chi connectivity index (χ4v) is 1.71. The minimum absolute atomic E-state index is 0.0394. The molecule has 1 rings (SSSR count). The Labute approximate surface area is 103 Å². The Morgan fingerprint density at radius 3 is 2.94 bits per heavy atom. The van der Waals surface area contributed by atoms with E-state index in [1.165, 1.54) is 0 Å². The molecule has 1 heterocycles. The largest absolute Gasteiger partial charge is 0.352 e. The second-order valence-electron chi connectivity index (χ2n) is 4.24. The molecular weight excluding hydrogens is 214 g/mol. The number of carbonyl (C=O) groups excluding carboxylic acids is 1. The van der Waals surface area contributed by atoms with Crippen LogP contribution in [0.2, 0.25) is 0 Å². The number of nitrogens with zero attached hydrogens (tertiary/aromatic N) is 1. The lowest BCUT2D eigenvalue weighted by molar-refractivity contribution is -0.125. The summed E-state index contributed by atoms with van der Waals surface area (Å²) in [5.74, 6) is -0.0328. The van der Waals surface area contributed by atoms with Gasteiger partial charge in [-0.25, -0.2) is 0 Å². The van der Waals surface area contributed by atoms with Gasteiger partial charge in [0, 0.05) is 25.5 Å². The van der Waals surface area contributed by atoms with E-state index in [0.717, 1.165) is 24.0 Å². The molecule has 1 atom stereocenters. The average Bonchev–Trinajstić information content (AvgIpc) is 2.34. The van der Waals surface area contributed by atoms with Crippen LogP contribution in [0.25, 0.3) is 0 Å². The first-order valence-corrected chi connectivity index (χ1v) is 6.06. The van der Waals surface area contributed by atoms with Gasteiger partial charge in [0.25, 0.3) is 0 Å². The number of carbonyl (C=O) groups is 1. The molecule has 0 aliphatic heterocycles. The van der Waals surface area contributed by atoms with Crippen molar-refractivity contribution in [3.05, 3.63) is 29.6 Å². The fourth-order valence-electron chi connectivity index (χ4n) is 1.71. The Balaban J connectivity index is 2.50. The van der Waals surface area contributed by atoms with Crippen molar-refractivity contribution in [2.75, 3.05) is 6.54 Å². The van der Waals surface area contributed by atoms with Crippen molar-refractivity contribution in [2.24, 2.45) is 11.7 Å². The molecule has 4 nitrogen and oxygen atoms in total. The van der Waals surface area contributed by atoms with Crippen molar-refractivity contribution in [2.45, 2.75) is 33.2 Å². The van der Waals surface area contributed by atoms with Crippen molar-refractivity contribution >= 4 is 5.91 Å². The SMILES string of the molecule is CCCC(CN)C(=O)NCc1cnccc1C. The van der Waals surface area contributed by atoms with E-state index in [2.05, 4.69) is 17.2 Å². The number of rotatable bonds is 6. The van der Waals surface area contributed by atoms with Gasteiger partial charge in [0.1, 0.15) is 0 Å². The first-order valence-electron chi connectivity index (χ1n) is 6.06. The van der Waals surface area contributed by atoms with Crippen LogP contribution in [0.3, 0.4) is 0 Å². The number of nitrogens with two attached hydrogens (primary N) is 1. The first-order chi connectivity index (χ1) is 8.19. The van der Waals surface area contributed by atoms with Crippen molar-refractivity contribution in [3.63, 3.8) is 0 Å². The minimum Gasteiger partial charge on any atom is -0.352 e. The van der Waals surface area contributed by atoms with Crippen LogP contribution in [0.15, 0.2) is 18.5 Å². The number of aromatic nitrogens is 1. The van der Waals surface area contributed by atoms with Gasteiger partial charge in [0.05, 0.1) is 5.92 Å². The molecule has 94 valence electrons. The second-order valence-corrected chi connectivity index (χ2v) is 4.24. The molecule has 1 aromatic heterocycles. The molecule has 1 unspecified atom stereocenters. The van der Waals surface area contributed by atoms with E-state index in [9.17, 15) is 4.79 Å².